The van der Waals surface area contributed by atoms with E-state index in [1.807, 2.05) is 32.0 Å². The van der Waals surface area contributed by atoms with Gasteiger partial charge in [0.05, 0.1) is 6.04 Å². The van der Waals surface area contributed by atoms with E-state index in [0.29, 0.717) is 12.1 Å². The molecule has 0 saturated heterocycles. The molecule has 1 nitrogen and oxygen atoms in total. The van der Waals surface area contributed by atoms with E-state index in [9.17, 15) is 8.78 Å². The summed E-state index contributed by atoms with van der Waals surface area (Å²) in [5, 5.41) is 3.21. The average molecular weight is 340 g/mol. The maximum Gasteiger partial charge on any atom is 0.128 e. The number of benzene rings is 2. The third kappa shape index (κ3) is 3.07. The Morgan fingerprint density at radius 2 is 1.90 bits per heavy atom. The lowest BCUT2D eigenvalue weighted by Gasteiger charge is -2.21. The molecule has 1 N–H and O–H groups in total. The fraction of sp³-hybridized carbons (Fsp3) is 0.250. The van der Waals surface area contributed by atoms with E-state index in [-0.39, 0.29) is 6.04 Å². The van der Waals surface area contributed by atoms with Crippen LogP contribution in [0.3, 0.4) is 0 Å². The quantitative estimate of drug-likeness (QED) is 0.848. The van der Waals surface area contributed by atoms with Crippen LogP contribution in [0.4, 0.5) is 8.78 Å². The Labute approximate surface area is 126 Å². The maximum atomic E-state index is 14.0. The lowest BCUT2D eigenvalue weighted by atomic mass is 9.96. The molecule has 106 valence electrons. The van der Waals surface area contributed by atoms with Crippen LogP contribution in [-0.4, -0.2) is 6.54 Å². The first-order valence-corrected chi connectivity index (χ1v) is 7.27. The molecule has 1 atom stereocenters. The Hall–Kier alpha value is -1.26. The second-order valence-corrected chi connectivity index (χ2v) is 5.43. The van der Waals surface area contributed by atoms with Crippen molar-refractivity contribution in [2.45, 2.75) is 19.9 Å². The molecule has 0 aliphatic rings. The van der Waals surface area contributed by atoms with E-state index in [0.717, 1.165) is 21.7 Å². The van der Waals surface area contributed by atoms with Gasteiger partial charge in [-0.3, -0.25) is 0 Å². The molecule has 0 amide bonds. The van der Waals surface area contributed by atoms with Crippen LogP contribution in [-0.2, 0) is 0 Å². The first kappa shape index (κ1) is 15.1. The zero-order chi connectivity index (χ0) is 14.7. The molecule has 2 aromatic rings. The predicted octanol–water partition coefficient (Wildman–Crippen LogP) is 4.73. The zero-order valence-corrected chi connectivity index (χ0v) is 13.0. The van der Waals surface area contributed by atoms with Crippen LogP contribution in [0, 0.1) is 18.6 Å². The lowest BCUT2D eigenvalue weighted by molar-refractivity contribution is 0.544. The highest BCUT2D eigenvalue weighted by Gasteiger charge is 2.20. The highest BCUT2D eigenvalue weighted by molar-refractivity contribution is 9.10. The van der Waals surface area contributed by atoms with Crippen LogP contribution in [0.25, 0.3) is 0 Å². The van der Waals surface area contributed by atoms with Gasteiger partial charge in [0.1, 0.15) is 11.6 Å². The van der Waals surface area contributed by atoms with Crippen molar-refractivity contribution in [2.24, 2.45) is 0 Å². The van der Waals surface area contributed by atoms with Gasteiger partial charge in [-0.25, -0.2) is 8.78 Å². The molecule has 0 heterocycles. The third-order valence-electron chi connectivity index (χ3n) is 3.21. The zero-order valence-electron chi connectivity index (χ0n) is 11.4. The Morgan fingerprint density at radius 3 is 2.60 bits per heavy atom. The predicted molar refractivity (Wildman–Crippen MR) is 80.8 cm³/mol. The van der Waals surface area contributed by atoms with Crippen LogP contribution in [0.5, 0.6) is 0 Å². The molecular formula is C16H16BrF2N. The molecule has 20 heavy (non-hydrogen) atoms. The molecule has 0 spiro atoms. The maximum absolute atomic E-state index is 14.0. The molecule has 0 aliphatic heterocycles. The van der Waals surface area contributed by atoms with Gasteiger partial charge < -0.3 is 5.32 Å². The Morgan fingerprint density at radius 1 is 1.15 bits per heavy atom. The van der Waals surface area contributed by atoms with E-state index in [1.165, 1.54) is 12.1 Å². The SMILES string of the molecule is CCNC(c1cc(F)ccc1F)c1cccc(C)c1Br. The van der Waals surface area contributed by atoms with Gasteiger partial charge in [0, 0.05) is 10.0 Å². The van der Waals surface area contributed by atoms with Gasteiger partial charge in [0.25, 0.3) is 0 Å². The fourth-order valence-electron chi connectivity index (χ4n) is 2.22. The molecule has 4 heteroatoms. The minimum atomic E-state index is -0.437. The molecule has 0 radical (unpaired) electrons. The number of hydrogen-bond acceptors (Lipinski definition) is 1. The van der Waals surface area contributed by atoms with Crippen molar-refractivity contribution < 1.29 is 8.78 Å². The summed E-state index contributed by atoms with van der Waals surface area (Å²) in [6.07, 6.45) is 0. The minimum absolute atomic E-state index is 0.318. The summed E-state index contributed by atoms with van der Waals surface area (Å²) in [6, 6.07) is 8.96. The van der Waals surface area contributed by atoms with Gasteiger partial charge in [-0.05, 0) is 42.8 Å². The molecule has 1 unspecified atom stereocenters. The number of halogens is 3. The van der Waals surface area contributed by atoms with Gasteiger partial charge in [0.15, 0.2) is 0 Å². The average Bonchev–Trinajstić information content (AvgIpc) is 2.43. The first-order valence-electron chi connectivity index (χ1n) is 6.48. The first-order chi connectivity index (χ1) is 9.54. The van der Waals surface area contributed by atoms with Crippen molar-refractivity contribution in [3.63, 3.8) is 0 Å². The van der Waals surface area contributed by atoms with Crippen molar-refractivity contribution in [1.29, 1.82) is 0 Å². The smallest absolute Gasteiger partial charge is 0.128 e. The van der Waals surface area contributed by atoms with E-state index >= 15 is 0 Å². The number of aryl methyl sites for hydroxylation is 1. The van der Waals surface area contributed by atoms with Crippen LogP contribution < -0.4 is 5.32 Å². The largest absolute Gasteiger partial charge is 0.306 e. The highest BCUT2D eigenvalue weighted by Crippen LogP contribution is 2.32. The van der Waals surface area contributed by atoms with Gasteiger partial charge in [-0.15, -0.1) is 0 Å². The van der Waals surface area contributed by atoms with E-state index in [2.05, 4.69) is 21.2 Å². The lowest BCUT2D eigenvalue weighted by Crippen LogP contribution is -2.23. The standard InChI is InChI=1S/C16H16BrF2N/c1-3-20-16(12-6-4-5-10(2)15(12)17)13-9-11(18)7-8-14(13)19/h4-9,16,20H,3H2,1-2H3. The molecule has 0 saturated carbocycles. The Kier molecular flexibility index (Phi) is 4.89. The summed E-state index contributed by atoms with van der Waals surface area (Å²) in [6.45, 7) is 4.56. The van der Waals surface area contributed by atoms with Crippen molar-refractivity contribution in [3.8, 4) is 0 Å². The molecule has 2 aromatic carbocycles. The van der Waals surface area contributed by atoms with Gasteiger partial charge in [-0.2, -0.15) is 0 Å². The Bertz CT molecular complexity index is 611. The van der Waals surface area contributed by atoms with Gasteiger partial charge >= 0.3 is 0 Å². The second kappa shape index (κ2) is 6.46. The van der Waals surface area contributed by atoms with Crippen molar-refractivity contribution in [3.05, 3.63) is 69.2 Å². The molecule has 0 aromatic heterocycles. The molecular weight excluding hydrogens is 324 g/mol. The van der Waals surface area contributed by atoms with Crippen molar-refractivity contribution in [1.82, 2.24) is 5.32 Å². The van der Waals surface area contributed by atoms with Crippen molar-refractivity contribution in [2.75, 3.05) is 6.54 Å². The number of nitrogens with one attached hydrogen (secondary N) is 1. The second-order valence-electron chi connectivity index (χ2n) is 4.63. The third-order valence-corrected chi connectivity index (χ3v) is 4.29. The number of hydrogen-bond donors (Lipinski definition) is 1. The summed E-state index contributed by atoms with van der Waals surface area (Å²) >= 11 is 3.53. The number of rotatable bonds is 4. The topological polar surface area (TPSA) is 12.0 Å². The molecule has 0 fully saturated rings. The van der Waals surface area contributed by atoms with E-state index in [1.54, 1.807) is 0 Å². The summed E-state index contributed by atoms with van der Waals surface area (Å²) < 4.78 is 28.4. The normalized spacial score (nSPS) is 12.4. The molecule has 2 rings (SSSR count). The van der Waals surface area contributed by atoms with E-state index in [4.69, 9.17) is 0 Å². The molecule has 0 aliphatic carbocycles. The van der Waals surface area contributed by atoms with Crippen LogP contribution >= 0.6 is 15.9 Å². The molecule has 0 bridgehead atoms. The van der Waals surface area contributed by atoms with Crippen molar-refractivity contribution >= 4 is 15.9 Å². The van der Waals surface area contributed by atoms with Gasteiger partial charge in [-0.1, -0.05) is 41.1 Å². The Balaban J connectivity index is 2.56. The summed E-state index contributed by atoms with van der Waals surface area (Å²) in [5.41, 5.74) is 2.27. The van der Waals surface area contributed by atoms with Crippen LogP contribution in [0.15, 0.2) is 40.9 Å². The van der Waals surface area contributed by atoms with E-state index < -0.39 is 11.6 Å². The van der Waals surface area contributed by atoms with Crippen LogP contribution in [0.2, 0.25) is 0 Å². The summed E-state index contributed by atoms with van der Waals surface area (Å²) in [7, 11) is 0. The fourth-order valence-corrected chi connectivity index (χ4v) is 2.71. The summed E-state index contributed by atoms with van der Waals surface area (Å²) in [5.74, 6) is -0.848. The highest BCUT2D eigenvalue weighted by atomic mass is 79.9. The van der Waals surface area contributed by atoms with Crippen LogP contribution in [0.1, 0.15) is 29.7 Å². The van der Waals surface area contributed by atoms with Gasteiger partial charge in [0.2, 0.25) is 0 Å². The monoisotopic (exact) mass is 339 g/mol. The summed E-state index contributed by atoms with van der Waals surface area (Å²) in [4.78, 5) is 0. The minimum Gasteiger partial charge on any atom is -0.306 e.